The molecule has 0 saturated heterocycles. The molecule has 0 spiro atoms. The third-order valence-corrected chi connectivity index (χ3v) is 5.37. The molecule has 3 nitrogen and oxygen atoms in total. The quantitative estimate of drug-likeness (QED) is 0.891. The molecule has 0 radical (unpaired) electrons. The molecule has 2 saturated carbocycles. The third kappa shape index (κ3) is 2.99. The first-order chi connectivity index (χ1) is 11.1. The normalized spacial score (nSPS) is 32.2. The van der Waals surface area contributed by atoms with Gasteiger partial charge >= 0.3 is 0 Å². The number of benzene rings is 2. The minimum Gasteiger partial charge on any atom is -0.489 e. The first-order valence-corrected chi connectivity index (χ1v) is 8.45. The van der Waals surface area contributed by atoms with Gasteiger partial charge in [0.2, 0.25) is 0 Å². The molecule has 0 bridgehead atoms. The third-order valence-electron chi connectivity index (χ3n) is 5.37. The van der Waals surface area contributed by atoms with Crippen LogP contribution in [0.2, 0.25) is 0 Å². The number of rotatable bonds is 5. The lowest BCUT2D eigenvalue weighted by molar-refractivity contribution is 0.176. The molecular formula is C20H24N2O. The minimum atomic E-state index is -0.00738. The Morgan fingerprint density at radius 2 is 1.70 bits per heavy atom. The van der Waals surface area contributed by atoms with Crippen LogP contribution in [0.4, 0.5) is 0 Å². The molecular weight excluding hydrogens is 284 g/mol. The maximum absolute atomic E-state index is 6.46. The van der Waals surface area contributed by atoms with Crippen LogP contribution in [0.15, 0.2) is 54.6 Å². The van der Waals surface area contributed by atoms with Crippen molar-refractivity contribution in [1.29, 1.82) is 0 Å². The lowest BCUT2D eigenvalue weighted by Crippen LogP contribution is -2.59. The summed E-state index contributed by atoms with van der Waals surface area (Å²) in [4.78, 5) is 0. The summed E-state index contributed by atoms with van der Waals surface area (Å²) < 4.78 is 5.85. The number of nitrogens with two attached hydrogens (primary N) is 2. The van der Waals surface area contributed by atoms with E-state index in [1.54, 1.807) is 0 Å². The van der Waals surface area contributed by atoms with Crippen molar-refractivity contribution in [3.05, 3.63) is 65.7 Å². The summed E-state index contributed by atoms with van der Waals surface area (Å²) in [5.74, 6) is 2.14. The van der Waals surface area contributed by atoms with Crippen molar-refractivity contribution >= 4 is 0 Å². The highest BCUT2D eigenvalue weighted by atomic mass is 16.5. The number of ether oxygens (including phenoxy) is 1. The van der Waals surface area contributed by atoms with Crippen molar-refractivity contribution in [2.45, 2.75) is 43.4 Å². The second-order valence-electron chi connectivity index (χ2n) is 7.19. The smallest absolute Gasteiger partial charge is 0.119 e. The average molecular weight is 308 g/mol. The topological polar surface area (TPSA) is 61.3 Å². The molecule has 4 N–H and O–H groups in total. The summed E-state index contributed by atoms with van der Waals surface area (Å²) in [5.41, 5.74) is 14.9. The zero-order valence-electron chi connectivity index (χ0n) is 13.3. The fraction of sp³-hybridized carbons (Fsp3) is 0.400. The number of hydrogen-bond donors (Lipinski definition) is 2. The van der Waals surface area contributed by atoms with E-state index in [9.17, 15) is 0 Å². The largest absolute Gasteiger partial charge is 0.489 e. The zero-order valence-corrected chi connectivity index (χ0v) is 13.3. The Hall–Kier alpha value is -1.84. The van der Waals surface area contributed by atoms with Crippen molar-refractivity contribution < 1.29 is 4.74 Å². The van der Waals surface area contributed by atoms with Gasteiger partial charge in [-0.25, -0.2) is 0 Å². The predicted octanol–water partition coefficient (Wildman–Crippen LogP) is 3.19. The fourth-order valence-corrected chi connectivity index (χ4v) is 3.97. The lowest BCUT2D eigenvalue weighted by atomic mass is 9.70. The van der Waals surface area contributed by atoms with E-state index in [-0.39, 0.29) is 5.54 Å². The molecule has 2 aliphatic carbocycles. The Balaban J connectivity index is 1.34. The Labute approximate surface area is 137 Å². The van der Waals surface area contributed by atoms with Crippen LogP contribution in [0, 0.1) is 5.92 Å². The van der Waals surface area contributed by atoms with Crippen LogP contribution in [-0.2, 0) is 6.61 Å². The standard InChI is InChI=1S/C20H24N2O/c21-16-11-20(22,12-16)19-10-18(19)15-6-8-17(9-7-15)23-13-14-4-2-1-3-5-14/h1-9,16,18-19H,10-13,21-22H2. The van der Waals surface area contributed by atoms with Crippen molar-refractivity contribution in [2.75, 3.05) is 0 Å². The molecule has 2 fully saturated rings. The maximum Gasteiger partial charge on any atom is 0.119 e. The predicted molar refractivity (Wildman–Crippen MR) is 92.2 cm³/mol. The second kappa shape index (κ2) is 5.66. The van der Waals surface area contributed by atoms with Crippen LogP contribution in [-0.4, -0.2) is 11.6 Å². The van der Waals surface area contributed by atoms with Crippen LogP contribution in [0.5, 0.6) is 5.75 Å². The van der Waals surface area contributed by atoms with Gasteiger partial charge in [-0.2, -0.15) is 0 Å². The second-order valence-corrected chi connectivity index (χ2v) is 7.19. The number of hydrogen-bond acceptors (Lipinski definition) is 3. The highest BCUT2D eigenvalue weighted by Crippen LogP contribution is 2.57. The van der Waals surface area contributed by atoms with Gasteiger partial charge in [0.05, 0.1) is 0 Å². The summed E-state index contributed by atoms with van der Waals surface area (Å²) in [6, 6.07) is 19.1. The summed E-state index contributed by atoms with van der Waals surface area (Å²) >= 11 is 0. The van der Waals surface area contributed by atoms with Crippen LogP contribution < -0.4 is 16.2 Å². The molecule has 120 valence electrons. The first kappa shape index (κ1) is 14.7. The average Bonchev–Trinajstić information content (AvgIpc) is 3.34. The summed E-state index contributed by atoms with van der Waals surface area (Å²) in [7, 11) is 0. The van der Waals surface area contributed by atoms with E-state index in [0.717, 1.165) is 18.6 Å². The van der Waals surface area contributed by atoms with E-state index < -0.39 is 0 Å². The van der Waals surface area contributed by atoms with Gasteiger partial charge in [-0.15, -0.1) is 0 Å². The Morgan fingerprint density at radius 3 is 2.35 bits per heavy atom. The molecule has 2 aromatic rings. The van der Waals surface area contributed by atoms with Gasteiger partial charge in [0.15, 0.2) is 0 Å². The SMILES string of the molecule is NC1CC(N)(C2CC2c2ccc(OCc3ccccc3)cc2)C1. The summed E-state index contributed by atoms with van der Waals surface area (Å²) in [6.45, 7) is 0.607. The van der Waals surface area contributed by atoms with Crippen molar-refractivity contribution in [2.24, 2.45) is 17.4 Å². The van der Waals surface area contributed by atoms with Crippen LogP contribution in [0.1, 0.15) is 36.3 Å². The molecule has 3 heteroatoms. The van der Waals surface area contributed by atoms with Gasteiger partial charge < -0.3 is 16.2 Å². The van der Waals surface area contributed by atoms with Gasteiger partial charge in [0, 0.05) is 11.6 Å². The van der Waals surface area contributed by atoms with Crippen LogP contribution in [0.3, 0.4) is 0 Å². The van der Waals surface area contributed by atoms with Gasteiger partial charge in [-0.3, -0.25) is 0 Å². The van der Waals surface area contributed by atoms with Crippen molar-refractivity contribution in [3.63, 3.8) is 0 Å². The van der Waals surface area contributed by atoms with Gasteiger partial charge in [0.25, 0.3) is 0 Å². The molecule has 23 heavy (non-hydrogen) atoms. The van der Waals surface area contributed by atoms with E-state index in [2.05, 4.69) is 36.4 Å². The van der Waals surface area contributed by atoms with Gasteiger partial charge in [-0.05, 0) is 54.4 Å². The highest BCUT2D eigenvalue weighted by Gasteiger charge is 2.56. The molecule has 2 unspecified atom stereocenters. The lowest BCUT2D eigenvalue weighted by Gasteiger charge is -2.44. The summed E-state index contributed by atoms with van der Waals surface area (Å²) in [6.07, 6.45) is 3.16. The zero-order chi connectivity index (χ0) is 15.9. The molecule has 0 aliphatic heterocycles. The van der Waals surface area contributed by atoms with Crippen LogP contribution >= 0.6 is 0 Å². The Morgan fingerprint density at radius 1 is 1.00 bits per heavy atom. The van der Waals surface area contributed by atoms with E-state index in [1.807, 2.05) is 18.2 Å². The molecule has 2 aliphatic rings. The van der Waals surface area contributed by atoms with Gasteiger partial charge in [-0.1, -0.05) is 42.5 Å². The van der Waals surface area contributed by atoms with Crippen LogP contribution in [0.25, 0.3) is 0 Å². The first-order valence-electron chi connectivity index (χ1n) is 8.45. The Bertz CT molecular complexity index is 662. The highest BCUT2D eigenvalue weighted by molar-refractivity contribution is 5.35. The maximum atomic E-state index is 6.46. The molecule has 2 aromatic carbocycles. The fourth-order valence-electron chi connectivity index (χ4n) is 3.97. The molecule has 0 heterocycles. The van der Waals surface area contributed by atoms with Crippen molar-refractivity contribution in [3.8, 4) is 5.75 Å². The summed E-state index contributed by atoms with van der Waals surface area (Å²) in [5, 5.41) is 0. The molecule has 4 rings (SSSR count). The van der Waals surface area contributed by atoms with E-state index in [0.29, 0.717) is 24.5 Å². The molecule has 2 atom stereocenters. The monoisotopic (exact) mass is 308 g/mol. The molecule has 0 amide bonds. The van der Waals surface area contributed by atoms with Crippen molar-refractivity contribution in [1.82, 2.24) is 0 Å². The minimum absolute atomic E-state index is 0.00738. The van der Waals surface area contributed by atoms with E-state index >= 15 is 0 Å². The molecule has 0 aromatic heterocycles. The van der Waals surface area contributed by atoms with E-state index in [1.165, 1.54) is 17.5 Å². The van der Waals surface area contributed by atoms with Gasteiger partial charge in [0.1, 0.15) is 12.4 Å². The Kier molecular flexibility index (Phi) is 3.63. The van der Waals surface area contributed by atoms with E-state index in [4.69, 9.17) is 16.2 Å².